The molecule has 3 fully saturated rings. The smallest absolute Gasteiger partial charge is 0.224 e. The number of hydrogen-bond acceptors (Lipinski definition) is 6. The molecule has 0 spiro atoms. The van der Waals surface area contributed by atoms with E-state index in [1.165, 1.54) is 35.9 Å². The number of carbonyl (C=O) groups excluding carboxylic acids is 1. The lowest BCUT2D eigenvalue weighted by molar-refractivity contribution is -0.126. The molecule has 2 saturated carbocycles. The van der Waals surface area contributed by atoms with Crippen molar-refractivity contribution >= 4 is 23.4 Å². The van der Waals surface area contributed by atoms with Gasteiger partial charge in [0, 0.05) is 48.0 Å². The van der Waals surface area contributed by atoms with Crippen LogP contribution < -0.4 is 10.2 Å². The highest BCUT2D eigenvalue weighted by Crippen LogP contribution is 2.35. The zero-order chi connectivity index (χ0) is 26.4. The van der Waals surface area contributed by atoms with Crippen LogP contribution in [0.15, 0.2) is 55.0 Å². The van der Waals surface area contributed by atoms with Crippen molar-refractivity contribution in [2.45, 2.75) is 50.5 Å². The Kier molecular flexibility index (Phi) is 8.28. The Bertz CT molecular complexity index is 1250. The fourth-order valence-corrected chi connectivity index (χ4v) is 5.78. The highest BCUT2D eigenvalue weighted by molar-refractivity contribution is 7.99. The van der Waals surface area contributed by atoms with Gasteiger partial charge >= 0.3 is 0 Å². The van der Waals surface area contributed by atoms with Gasteiger partial charge in [-0.3, -0.25) is 4.79 Å². The highest BCUT2D eigenvalue weighted by atomic mass is 32.2. The van der Waals surface area contributed by atoms with E-state index in [0.29, 0.717) is 5.82 Å². The number of nitriles is 1. The van der Waals surface area contributed by atoms with Gasteiger partial charge in [-0.25, -0.2) is 14.1 Å². The lowest BCUT2D eigenvalue weighted by atomic mass is 9.88. The SMILES string of the molecule is Fc1ccc(-n2cc(-c3ccc(N4CCSCC4)cc3)cn2)nc1.N#CC1(NC(=O)C2CCCCC2)CC1. The second-order valence-electron chi connectivity index (χ2n) is 10.2. The first-order chi connectivity index (χ1) is 18.5. The summed E-state index contributed by atoms with van der Waals surface area (Å²) in [5, 5.41) is 16.0. The Morgan fingerprint density at radius 1 is 1.03 bits per heavy atom. The second kappa shape index (κ2) is 12.0. The van der Waals surface area contributed by atoms with Crippen LogP contribution in [-0.4, -0.2) is 50.8 Å². The number of rotatable bonds is 5. The minimum atomic E-state index is -0.478. The topological polar surface area (TPSA) is 86.8 Å². The van der Waals surface area contributed by atoms with Crippen molar-refractivity contribution < 1.29 is 9.18 Å². The molecule has 9 heteroatoms. The lowest BCUT2D eigenvalue weighted by Crippen LogP contribution is -2.40. The molecule has 0 radical (unpaired) electrons. The molecule has 2 aliphatic carbocycles. The van der Waals surface area contributed by atoms with Crippen molar-refractivity contribution in [1.29, 1.82) is 5.26 Å². The molecule has 7 nitrogen and oxygen atoms in total. The van der Waals surface area contributed by atoms with Crippen LogP contribution in [0.1, 0.15) is 44.9 Å². The lowest BCUT2D eigenvalue weighted by Gasteiger charge is -2.28. The first kappa shape index (κ1) is 26.2. The van der Waals surface area contributed by atoms with E-state index >= 15 is 0 Å². The predicted molar refractivity (Wildman–Crippen MR) is 149 cm³/mol. The summed E-state index contributed by atoms with van der Waals surface area (Å²) in [6.45, 7) is 2.22. The summed E-state index contributed by atoms with van der Waals surface area (Å²) in [6, 6.07) is 13.8. The number of nitrogens with zero attached hydrogens (tertiary/aromatic N) is 5. The van der Waals surface area contributed by atoms with Gasteiger partial charge in [0.2, 0.25) is 5.91 Å². The molecule has 1 amide bonds. The van der Waals surface area contributed by atoms with E-state index in [4.69, 9.17) is 5.26 Å². The second-order valence-corrected chi connectivity index (χ2v) is 11.4. The monoisotopic (exact) mass is 532 g/mol. The zero-order valence-electron chi connectivity index (χ0n) is 21.5. The molecule has 1 aromatic carbocycles. The molecule has 38 heavy (non-hydrogen) atoms. The Labute approximate surface area is 227 Å². The summed E-state index contributed by atoms with van der Waals surface area (Å²) in [5.41, 5.74) is 2.92. The number of anilines is 1. The highest BCUT2D eigenvalue weighted by Gasteiger charge is 2.45. The summed E-state index contributed by atoms with van der Waals surface area (Å²) >= 11 is 2.01. The molecule has 3 heterocycles. The molecule has 1 N–H and O–H groups in total. The summed E-state index contributed by atoms with van der Waals surface area (Å²) in [6.07, 6.45) is 12.2. The molecule has 1 aliphatic heterocycles. The fourth-order valence-electron chi connectivity index (χ4n) is 4.88. The molecule has 3 aliphatic rings. The van der Waals surface area contributed by atoms with Crippen LogP contribution in [-0.2, 0) is 4.79 Å². The van der Waals surface area contributed by atoms with E-state index < -0.39 is 5.54 Å². The number of halogens is 1. The molecular weight excluding hydrogens is 499 g/mol. The average molecular weight is 533 g/mol. The summed E-state index contributed by atoms with van der Waals surface area (Å²) < 4.78 is 14.6. The van der Waals surface area contributed by atoms with Crippen molar-refractivity contribution in [3.8, 4) is 23.0 Å². The van der Waals surface area contributed by atoms with E-state index in [2.05, 4.69) is 50.6 Å². The van der Waals surface area contributed by atoms with Crippen LogP contribution >= 0.6 is 11.8 Å². The number of carbonyl (C=O) groups is 1. The van der Waals surface area contributed by atoms with Gasteiger partial charge in [-0.1, -0.05) is 31.4 Å². The van der Waals surface area contributed by atoms with Gasteiger partial charge in [0.15, 0.2) is 5.82 Å². The Morgan fingerprint density at radius 3 is 2.39 bits per heavy atom. The van der Waals surface area contributed by atoms with Crippen LogP contribution in [0.25, 0.3) is 16.9 Å². The third-order valence-corrected chi connectivity index (χ3v) is 8.35. The van der Waals surface area contributed by atoms with E-state index in [9.17, 15) is 9.18 Å². The molecule has 6 rings (SSSR count). The van der Waals surface area contributed by atoms with Crippen molar-refractivity contribution in [1.82, 2.24) is 20.1 Å². The molecule has 0 atom stereocenters. The molecule has 0 unspecified atom stereocenters. The van der Waals surface area contributed by atoms with Gasteiger partial charge in [0.25, 0.3) is 0 Å². The molecule has 3 aromatic rings. The van der Waals surface area contributed by atoms with Crippen LogP contribution in [0.2, 0.25) is 0 Å². The number of aromatic nitrogens is 3. The Morgan fingerprint density at radius 2 is 1.76 bits per heavy atom. The molecule has 1 saturated heterocycles. The Balaban J connectivity index is 0.000000179. The number of nitrogens with one attached hydrogen (secondary N) is 1. The number of thioether (sulfide) groups is 1. The van der Waals surface area contributed by atoms with Crippen LogP contribution in [0.4, 0.5) is 10.1 Å². The van der Waals surface area contributed by atoms with Crippen LogP contribution in [0, 0.1) is 23.1 Å². The minimum absolute atomic E-state index is 0.115. The largest absolute Gasteiger partial charge is 0.370 e. The standard InChI is InChI=1S/C18H17FN4S.C11H16N2O/c19-16-3-6-18(20-12-16)23-13-15(11-21-23)14-1-4-17(5-2-14)22-7-9-24-10-8-22;12-8-11(6-7-11)13-10(14)9-4-2-1-3-5-9/h1-6,11-13H,7-10H2;9H,1-7H2,(H,13,14). The van der Waals surface area contributed by atoms with Gasteiger partial charge < -0.3 is 10.2 Å². The van der Waals surface area contributed by atoms with Gasteiger partial charge in [-0.2, -0.15) is 22.1 Å². The quantitative estimate of drug-likeness (QED) is 0.476. The van der Waals surface area contributed by atoms with Gasteiger partial charge in [0.1, 0.15) is 11.4 Å². The Hall–Kier alpha value is -3.38. The maximum absolute atomic E-state index is 13.0. The zero-order valence-corrected chi connectivity index (χ0v) is 22.3. The van der Waals surface area contributed by atoms with E-state index in [-0.39, 0.29) is 17.6 Å². The van der Waals surface area contributed by atoms with E-state index in [1.807, 2.05) is 18.0 Å². The van der Waals surface area contributed by atoms with Crippen LogP contribution in [0.3, 0.4) is 0 Å². The number of hydrogen-bond donors (Lipinski definition) is 1. The maximum atomic E-state index is 13.0. The van der Waals surface area contributed by atoms with Crippen molar-refractivity contribution in [3.63, 3.8) is 0 Å². The van der Waals surface area contributed by atoms with Gasteiger partial charge in [-0.05, 0) is 55.5 Å². The predicted octanol–water partition coefficient (Wildman–Crippen LogP) is 5.37. The fraction of sp³-hybridized carbons (Fsp3) is 0.448. The number of amides is 1. The van der Waals surface area contributed by atoms with Crippen LogP contribution in [0.5, 0.6) is 0 Å². The summed E-state index contributed by atoms with van der Waals surface area (Å²) in [4.78, 5) is 18.2. The third-order valence-electron chi connectivity index (χ3n) is 7.41. The normalized spacial score (nSPS) is 18.6. The summed E-state index contributed by atoms with van der Waals surface area (Å²) in [5.74, 6) is 2.93. The number of pyridine rings is 1. The first-order valence-electron chi connectivity index (χ1n) is 13.4. The first-order valence-corrected chi connectivity index (χ1v) is 14.5. The molecule has 198 valence electrons. The van der Waals surface area contributed by atoms with Gasteiger partial charge in [0.05, 0.1) is 18.5 Å². The van der Waals surface area contributed by atoms with E-state index in [1.54, 1.807) is 16.9 Å². The maximum Gasteiger partial charge on any atom is 0.224 e. The molecule has 2 aromatic heterocycles. The molecule has 0 bridgehead atoms. The van der Waals surface area contributed by atoms with Crippen molar-refractivity contribution in [3.05, 3.63) is 60.8 Å². The van der Waals surface area contributed by atoms with Crippen molar-refractivity contribution in [2.75, 3.05) is 29.5 Å². The van der Waals surface area contributed by atoms with Crippen molar-refractivity contribution in [2.24, 2.45) is 5.92 Å². The minimum Gasteiger partial charge on any atom is -0.370 e. The third kappa shape index (κ3) is 6.54. The van der Waals surface area contributed by atoms with Gasteiger partial charge in [-0.15, -0.1) is 0 Å². The summed E-state index contributed by atoms with van der Waals surface area (Å²) in [7, 11) is 0. The number of benzene rings is 1. The average Bonchev–Trinajstić information content (AvgIpc) is 3.58. The van der Waals surface area contributed by atoms with E-state index in [0.717, 1.165) is 62.7 Å². The molecular formula is C29H33FN6OS.